The molecule has 1 unspecified atom stereocenters. The number of pyridine rings is 1. The molecular weight excluding hydrogens is 332 g/mol. The van der Waals surface area contributed by atoms with Crippen LogP contribution < -0.4 is 20.3 Å². The van der Waals surface area contributed by atoms with Crippen molar-refractivity contribution in [2.45, 2.75) is 19.4 Å². The third-order valence-electron chi connectivity index (χ3n) is 3.98. The predicted molar refractivity (Wildman–Crippen MR) is 99.2 cm³/mol. The van der Waals surface area contributed by atoms with Crippen LogP contribution in [0.4, 0.5) is 11.4 Å². The number of nitrogens with one attached hydrogen (secondary N) is 2. The lowest BCUT2D eigenvalue weighted by Gasteiger charge is -2.35. The number of rotatable bonds is 6. The number of anilines is 2. The molecule has 0 bridgehead atoms. The Kier molecular flexibility index (Phi) is 5.68. The van der Waals surface area contributed by atoms with Crippen molar-refractivity contribution in [2.75, 3.05) is 29.9 Å². The monoisotopic (exact) mass is 354 g/mol. The lowest BCUT2D eigenvalue weighted by atomic mass is 10.1. The smallest absolute Gasteiger partial charge is 0.262 e. The molecule has 0 aliphatic carbocycles. The van der Waals surface area contributed by atoms with Crippen molar-refractivity contribution in [3.05, 3.63) is 48.8 Å². The van der Waals surface area contributed by atoms with E-state index >= 15 is 0 Å². The quantitative estimate of drug-likeness (QED) is 0.827. The number of amides is 2. The number of benzene rings is 1. The summed E-state index contributed by atoms with van der Waals surface area (Å²) in [6.07, 6.45) is 3.44. The molecule has 2 N–H and O–H groups in total. The molecule has 0 saturated heterocycles. The Labute approximate surface area is 152 Å². The fourth-order valence-corrected chi connectivity index (χ4v) is 2.77. The number of hydrogen-bond acceptors (Lipinski definition) is 5. The zero-order valence-electron chi connectivity index (χ0n) is 14.6. The summed E-state index contributed by atoms with van der Waals surface area (Å²) in [5.74, 6) is 0.256. The molecule has 0 radical (unpaired) electrons. The van der Waals surface area contributed by atoms with E-state index in [0.717, 1.165) is 12.1 Å². The minimum atomic E-state index is -0.650. The van der Waals surface area contributed by atoms with Gasteiger partial charge < -0.3 is 20.3 Å². The summed E-state index contributed by atoms with van der Waals surface area (Å²) >= 11 is 0. The number of fused-ring (bicyclic) bond motifs is 1. The van der Waals surface area contributed by atoms with Crippen molar-refractivity contribution in [1.82, 2.24) is 10.3 Å². The average Bonchev–Trinajstić information content (AvgIpc) is 2.66. The fourth-order valence-electron chi connectivity index (χ4n) is 2.77. The Morgan fingerprint density at radius 2 is 2.12 bits per heavy atom. The third kappa shape index (κ3) is 4.30. The van der Waals surface area contributed by atoms with Gasteiger partial charge in [0.25, 0.3) is 5.91 Å². The highest BCUT2D eigenvalue weighted by Gasteiger charge is 2.31. The highest BCUT2D eigenvalue weighted by molar-refractivity contribution is 5.94. The van der Waals surface area contributed by atoms with Crippen LogP contribution in [0.15, 0.2) is 48.8 Å². The number of carbonyl (C=O) groups excluding carboxylic acids is 2. The van der Waals surface area contributed by atoms with E-state index in [1.54, 1.807) is 30.6 Å². The highest BCUT2D eigenvalue weighted by atomic mass is 16.5. The Bertz CT molecular complexity index is 766. The van der Waals surface area contributed by atoms with Crippen molar-refractivity contribution < 1.29 is 14.3 Å². The second-order valence-corrected chi connectivity index (χ2v) is 6.04. The van der Waals surface area contributed by atoms with Gasteiger partial charge in [0.2, 0.25) is 5.91 Å². The van der Waals surface area contributed by atoms with Crippen molar-refractivity contribution in [1.29, 1.82) is 0 Å². The molecule has 2 amide bonds. The second kappa shape index (κ2) is 8.33. The molecule has 7 heteroatoms. The van der Waals surface area contributed by atoms with Gasteiger partial charge >= 0.3 is 0 Å². The minimum Gasteiger partial charge on any atom is -0.477 e. The number of aromatic nitrogens is 1. The molecule has 1 aliphatic rings. The van der Waals surface area contributed by atoms with E-state index < -0.39 is 6.10 Å². The molecule has 1 atom stereocenters. The Hall–Kier alpha value is -3.09. The molecule has 26 heavy (non-hydrogen) atoms. The first kappa shape index (κ1) is 17.7. The van der Waals surface area contributed by atoms with Gasteiger partial charge in [-0.25, -0.2) is 0 Å². The Balaban J connectivity index is 1.72. The van der Waals surface area contributed by atoms with Crippen molar-refractivity contribution >= 4 is 23.2 Å². The van der Waals surface area contributed by atoms with Crippen LogP contribution >= 0.6 is 0 Å². The van der Waals surface area contributed by atoms with Crippen LogP contribution in [0.1, 0.15) is 13.3 Å². The van der Waals surface area contributed by atoms with E-state index in [1.807, 2.05) is 30.0 Å². The number of hydrogen-bond donors (Lipinski definition) is 2. The molecular formula is C19H22N4O3. The van der Waals surface area contributed by atoms with Gasteiger partial charge in [0.05, 0.1) is 30.7 Å². The summed E-state index contributed by atoms with van der Waals surface area (Å²) in [4.78, 5) is 30.6. The number of nitrogens with zero attached hydrogens (tertiary/aromatic N) is 2. The first-order valence-corrected chi connectivity index (χ1v) is 8.65. The second-order valence-electron chi connectivity index (χ2n) is 6.04. The van der Waals surface area contributed by atoms with E-state index in [1.165, 1.54) is 0 Å². The molecule has 0 spiro atoms. The van der Waals surface area contributed by atoms with Gasteiger partial charge in [-0.15, -0.1) is 0 Å². The number of carbonyl (C=O) groups is 2. The van der Waals surface area contributed by atoms with E-state index in [9.17, 15) is 9.59 Å². The summed E-state index contributed by atoms with van der Waals surface area (Å²) in [7, 11) is 0. The molecule has 1 aromatic carbocycles. The molecule has 1 aromatic heterocycles. The minimum absolute atomic E-state index is 0.118. The molecule has 0 fully saturated rings. The summed E-state index contributed by atoms with van der Waals surface area (Å²) in [5.41, 5.74) is 1.43. The maximum Gasteiger partial charge on any atom is 0.262 e. The van der Waals surface area contributed by atoms with Crippen LogP contribution in [0.3, 0.4) is 0 Å². The van der Waals surface area contributed by atoms with E-state index in [4.69, 9.17) is 4.74 Å². The molecule has 0 saturated carbocycles. The topological polar surface area (TPSA) is 83.6 Å². The zero-order chi connectivity index (χ0) is 18.4. The molecule has 1 aliphatic heterocycles. The van der Waals surface area contributed by atoms with Crippen LogP contribution in [0.2, 0.25) is 0 Å². The SMILES string of the molecule is CCCNC(=O)C1CN(CC(=O)Nc2cccnc2)c2ccccc2O1. The first-order valence-electron chi connectivity index (χ1n) is 8.65. The van der Waals surface area contributed by atoms with Gasteiger partial charge in [0.1, 0.15) is 5.75 Å². The molecule has 2 heterocycles. The van der Waals surface area contributed by atoms with Gasteiger partial charge in [-0.1, -0.05) is 19.1 Å². The standard InChI is InChI=1S/C19H22N4O3/c1-2-9-21-19(25)17-12-23(15-7-3-4-8-16(15)26-17)13-18(24)22-14-6-5-10-20-11-14/h3-8,10-11,17H,2,9,12-13H2,1H3,(H,21,25)(H,22,24). The normalized spacial score (nSPS) is 15.6. The number of ether oxygens (including phenoxy) is 1. The Morgan fingerprint density at radius 1 is 1.27 bits per heavy atom. The van der Waals surface area contributed by atoms with Crippen LogP contribution in [-0.2, 0) is 9.59 Å². The van der Waals surface area contributed by atoms with Crippen LogP contribution in [-0.4, -0.2) is 42.5 Å². The lowest BCUT2D eigenvalue weighted by Crippen LogP contribution is -2.50. The van der Waals surface area contributed by atoms with E-state index in [0.29, 0.717) is 24.5 Å². The average molecular weight is 354 g/mol. The van der Waals surface area contributed by atoms with Gasteiger partial charge in [0, 0.05) is 12.7 Å². The van der Waals surface area contributed by atoms with Gasteiger partial charge in [-0.05, 0) is 30.7 Å². The van der Waals surface area contributed by atoms with Crippen molar-refractivity contribution in [3.8, 4) is 5.75 Å². The van der Waals surface area contributed by atoms with Gasteiger partial charge in [0.15, 0.2) is 6.10 Å². The van der Waals surface area contributed by atoms with Crippen molar-refractivity contribution in [2.24, 2.45) is 0 Å². The summed E-state index contributed by atoms with van der Waals surface area (Å²) in [6, 6.07) is 10.9. The maximum absolute atomic E-state index is 12.4. The summed E-state index contributed by atoms with van der Waals surface area (Å²) in [6.45, 7) is 3.02. The van der Waals surface area contributed by atoms with Gasteiger partial charge in [-0.3, -0.25) is 14.6 Å². The zero-order valence-corrected chi connectivity index (χ0v) is 14.6. The third-order valence-corrected chi connectivity index (χ3v) is 3.98. The fraction of sp³-hybridized carbons (Fsp3) is 0.316. The summed E-state index contributed by atoms with van der Waals surface area (Å²) < 4.78 is 5.83. The molecule has 136 valence electrons. The van der Waals surface area contributed by atoms with Crippen LogP contribution in [0, 0.1) is 0 Å². The predicted octanol–water partition coefficient (Wildman–Crippen LogP) is 1.81. The van der Waals surface area contributed by atoms with E-state index in [2.05, 4.69) is 15.6 Å². The largest absolute Gasteiger partial charge is 0.477 e. The van der Waals surface area contributed by atoms with Gasteiger partial charge in [-0.2, -0.15) is 0 Å². The first-order chi connectivity index (χ1) is 12.7. The van der Waals surface area contributed by atoms with E-state index in [-0.39, 0.29) is 18.4 Å². The molecule has 3 rings (SSSR count). The Morgan fingerprint density at radius 3 is 2.88 bits per heavy atom. The number of para-hydroxylation sites is 2. The van der Waals surface area contributed by atoms with Crippen LogP contribution in [0.5, 0.6) is 5.75 Å². The van der Waals surface area contributed by atoms with Crippen molar-refractivity contribution in [3.63, 3.8) is 0 Å². The highest BCUT2D eigenvalue weighted by Crippen LogP contribution is 2.32. The molecule has 2 aromatic rings. The lowest BCUT2D eigenvalue weighted by molar-refractivity contribution is -0.128. The summed E-state index contributed by atoms with van der Waals surface area (Å²) in [5, 5.41) is 5.66. The molecule has 7 nitrogen and oxygen atoms in total. The van der Waals surface area contributed by atoms with Crippen LogP contribution in [0.25, 0.3) is 0 Å². The maximum atomic E-state index is 12.4.